The Hall–Kier alpha value is -0.713. The fraction of sp³-hybridized carbons (Fsp3) is 0.636. The van der Waals surface area contributed by atoms with Gasteiger partial charge in [-0.05, 0) is 64.4 Å². The van der Waals surface area contributed by atoms with E-state index in [1.807, 2.05) is 17.8 Å². The number of thioether (sulfide) groups is 1. The molecule has 0 bridgehead atoms. The van der Waals surface area contributed by atoms with Gasteiger partial charge >= 0.3 is 0 Å². The summed E-state index contributed by atoms with van der Waals surface area (Å²) in [5.74, 6) is 0. The zero-order chi connectivity index (χ0) is 19.8. The zero-order valence-electron chi connectivity index (χ0n) is 18.0. The number of unbranched alkanes of at least 4 members (excludes halogenated alkanes) is 1. The molecular weight excluding hydrogens is 356 g/mol. The molecule has 0 aliphatic rings. The molecule has 0 atom stereocenters. The average molecular weight is 395 g/mol. The van der Waals surface area contributed by atoms with Crippen LogP contribution < -0.4 is 0 Å². The highest BCUT2D eigenvalue weighted by molar-refractivity contribution is 8.04. The molecule has 0 heterocycles. The van der Waals surface area contributed by atoms with Gasteiger partial charge in [0.15, 0.2) is 0 Å². The van der Waals surface area contributed by atoms with Crippen molar-refractivity contribution in [1.29, 1.82) is 0 Å². The molecule has 148 valence electrons. The Kier molecular flexibility index (Phi) is 8.97. The maximum atomic E-state index is 6.28. The largest absolute Gasteiger partial charge is 0.540 e. The maximum absolute atomic E-state index is 6.28. The Bertz CT molecular complexity index is 536. The molecule has 0 unspecified atom stereocenters. The average Bonchev–Trinajstić information content (AvgIpc) is 2.47. The summed E-state index contributed by atoms with van der Waals surface area (Å²) in [7, 11) is -1.58. The molecule has 0 spiro atoms. The monoisotopic (exact) mass is 394 g/mol. The van der Waals surface area contributed by atoms with Crippen molar-refractivity contribution in [3.63, 3.8) is 0 Å². The van der Waals surface area contributed by atoms with Crippen molar-refractivity contribution in [2.75, 3.05) is 0 Å². The number of rotatable bonds is 10. The summed E-state index contributed by atoms with van der Waals surface area (Å²) < 4.78 is 12.6. The van der Waals surface area contributed by atoms with Gasteiger partial charge in [0.25, 0.3) is 0 Å². The SMILES string of the molecule is CC(C)(CCC/C=C(\O[Si](C)(C)C)SC(C)(C)C)OCc1ccccc1. The van der Waals surface area contributed by atoms with Crippen LogP contribution in [0.3, 0.4) is 0 Å². The Morgan fingerprint density at radius 1 is 1.04 bits per heavy atom. The van der Waals surface area contributed by atoms with Gasteiger partial charge in [-0.3, -0.25) is 0 Å². The summed E-state index contributed by atoms with van der Waals surface area (Å²) in [6.45, 7) is 18.5. The summed E-state index contributed by atoms with van der Waals surface area (Å²) in [5, 5.41) is 1.10. The highest BCUT2D eigenvalue weighted by Gasteiger charge is 2.22. The van der Waals surface area contributed by atoms with Crippen molar-refractivity contribution >= 4 is 20.1 Å². The lowest BCUT2D eigenvalue weighted by Gasteiger charge is -2.27. The molecule has 0 saturated heterocycles. The molecular formula is C22H38O2SSi. The van der Waals surface area contributed by atoms with Crippen molar-refractivity contribution in [2.45, 2.75) is 90.5 Å². The number of benzene rings is 1. The molecule has 1 aromatic rings. The first-order valence-corrected chi connectivity index (χ1v) is 13.8. The van der Waals surface area contributed by atoms with Crippen LogP contribution >= 0.6 is 11.8 Å². The van der Waals surface area contributed by atoms with Crippen molar-refractivity contribution < 1.29 is 9.16 Å². The number of allylic oxidation sites excluding steroid dienone is 1. The number of hydrogen-bond donors (Lipinski definition) is 0. The first-order valence-electron chi connectivity index (χ1n) is 9.62. The first kappa shape index (κ1) is 23.3. The molecule has 0 amide bonds. The van der Waals surface area contributed by atoms with Gasteiger partial charge in [0.1, 0.15) is 5.09 Å². The molecule has 0 saturated carbocycles. The van der Waals surface area contributed by atoms with E-state index in [0.717, 1.165) is 24.4 Å². The summed E-state index contributed by atoms with van der Waals surface area (Å²) >= 11 is 1.84. The summed E-state index contributed by atoms with van der Waals surface area (Å²) in [6.07, 6.45) is 5.45. The third-order valence-electron chi connectivity index (χ3n) is 3.58. The number of ether oxygens (including phenoxy) is 1. The van der Waals surface area contributed by atoms with Gasteiger partial charge in [-0.2, -0.15) is 0 Å². The van der Waals surface area contributed by atoms with E-state index in [1.54, 1.807) is 0 Å². The lowest BCUT2D eigenvalue weighted by Crippen LogP contribution is -2.25. The second kappa shape index (κ2) is 10.0. The van der Waals surface area contributed by atoms with Gasteiger partial charge in [0.05, 0.1) is 12.2 Å². The smallest absolute Gasteiger partial charge is 0.242 e. The fourth-order valence-electron chi connectivity index (χ4n) is 2.38. The fourth-order valence-corrected chi connectivity index (χ4v) is 4.79. The summed E-state index contributed by atoms with van der Waals surface area (Å²) in [5.41, 5.74) is 1.12. The first-order chi connectivity index (χ1) is 11.9. The van der Waals surface area contributed by atoms with Gasteiger partial charge in [-0.1, -0.05) is 62.9 Å². The highest BCUT2D eigenvalue weighted by Crippen LogP contribution is 2.34. The van der Waals surface area contributed by atoms with Gasteiger partial charge < -0.3 is 9.16 Å². The minimum Gasteiger partial charge on any atom is -0.540 e. The molecule has 4 heteroatoms. The quantitative estimate of drug-likeness (QED) is 0.234. The molecule has 0 aromatic heterocycles. The summed E-state index contributed by atoms with van der Waals surface area (Å²) in [4.78, 5) is 0. The second-order valence-electron chi connectivity index (χ2n) is 9.38. The van der Waals surface area contributed by atoms with Crippen LogP contribution in [0.25, 0.3) is 0 Å². The van der Waals surface area contributed by atoms with Gasteiger partial charge in [-0.15, -0.1) is 0 Å². The van der Waals surface area contributed by atoms with E-state index in [2.05, 4.69) is 84.6 Å². The molecule has 2 nitrogen and oxygen atoms in total. The predicted molar refractivity (Wildman–Crippen MR) is 119 cm³/mol. The van der Waals surface area contributed by atoms with Gasteiger partial charge in [0, 0.05) is 4.75 Å². The Morgan fingerprint density at radius 2 is 1.65 bits per heavy atom. The standard InChI is InChI=1S/C22H38O2SSi/c1-21(2,3)25-20(24-26(6,7)8)16-12-13-17-22(4,5)23-18-19-14-10-9-11-15-19/h9-11,14-16H,12-13,17-18H2,1-8H3/b20-16+. The lowest BCUT2D eigenvalue weighted by atomic mass is 10.0. The zero-order valence-corrected chi connectivity index (χ0v) is 19.8. The minimum absolute atomic E-state index is 0.110. The van der Waals surface area contributed by atoms with Crippen molar-refractivity contribution in [1.82, 2.24) is 0 Å². The number of hydrogen-bond acceptors (Lipinski definition) is 3. The van der Waals surface area contributed by atoms with Crippen molar-refractivity contribution in [3.8, 4) is 0 Å². The van der Waals surface area contributed by atoms with E-state index in [0.29, 0.717) is 6.61 Å². The van der Waals surface area contributed by atoms with Crippen molar-refractivity contribution in [2.24, 2.45) is 0 Å². The molecule has 0 fully saturated rings. The molecule has 1 rings (SSSR count). The van der Waals surface area contributed by atoms with Crippen LogP contribution in [0.4, 0.5) is 0 Å². The third-order valence-corrected chi connectivity index (χ3v) is 5.62. The van der Waals surface area contributed by atoms with Crippen LogP contribution in [-0.4, -0.2) is 18.7 Å². The Balaban J connectivity index is 2.49. The molecule has 0 aliphatic heterocycles. The third kappa shape index (κ3) is 11.8. The maximum Gasteiger partial charge on any atom is 0.242 e. The van der Waals surface area contributed by atoms with Gasteiger partial charge in [-0.25, -0.2) is 0 Å². The van der Waals surface area contributed by atoms with E-state index < -0.39 is 8.32 Å². The van der Waals surface area contributed by atoms with Crippen LogP contribution in [0.2, 0.25) is 19.6 Å². The topological polar surface area (TPSA) is 18.5 Å². The van der Waals surface area contributed by atoms with Crippen LogP contribution in [0, 0.1) is 0 Å². The van der Waals surface area contributed by atoms with Crippen LogP contribution in [0.1, 0.15) is 59.4 Å². The van der Waals surface area contributed by atoms with Crippen molar-refractivity contribution in [3.05, 3.63) is 47.1 Å². The van der Waals surface area contributed by atoms with E-state index in [9.17, 15) is 0 Å². The van der Waals surface area contributed by atoms with E-state index in [4.69, 9.17) is 9.16 Å². The molecule has 26 heavy (non-hydrogen) atoms. The lowest BCUT2D eigenvalue weighted by molar-refractivity contribution is -0.0359. The predicted octanol–water partition coefficient (Wildman–Crippen LogP) is 7.38. The van der Waals surface area contributed by atoms with E-state index in [-0.39, 0.29) is 10.3 Å². The molecule has 0 radical (unpaired) electrons. The Labute approximate surface area is 166 Å². The Morgan fingerprint density at radius 3 is 2.19 bits per heavy atom. The van der Waals surface area contributed by atoms with Crippen LogP contribution in [0.15, 0.2) is 41.5 Å². The highest BCUT2D eigenvalue weighted by atomic mass is 32.2. The molecule has 1 aromatic carbocycles. The molecule has 0 N–H and O–H groups in total. The van der Waals surface area contributed by atoms with E-state index >= 15 is 0 Å². The minimum atomic E-state index is -1.58. The van der Waals surface area contributed by atoms with Crippen LogP contribution in [-0.2, 0) is 15.8 Å². The summed E-state index contributed by atoms with van der Waals surface area (Å²) in [6, 6.07) is 10.4. The normalized spacial score (nSPS) is 13.8. The van der Waals surface area contributed by atoms with E-state index in [1.165, 1.54) is 5.56 Å². The van der Waals surface area contributed by atoms with Crippen LogP contribution in [0.5, 0.6) is 0 Å². The second-order valence-corrected chi connectivity index (χ2v) is 15.6. The van der Waals surface area contributed by atoms with Gasteiger partial charge in [0.2, 0.25) is 8.32 Å². The molecule has 0 aliphatic carbocycles.